The van der Waals surface area contributed by atoms with Crippen molar-refractivity contribution in [2.75, 3.05) is 13.1 Å². The quantitative estimate of drug-likeness (QED) is 0.724. The first kappa shape index (κ1) is 20.4. The minimum atomic E-state index is -3.51. The summed E-state index contributed by atoms with van der Waals surface area (Å²) < 4.78 is 27.7. The Morgan fingerprint density at radius 2 is 1.72 bits per heavy atom. The van der Waals surface area contributed by atoms with Gasteiger partial charge in [-0.3, -0.25) is 4.79 Å². The van der Waals surface area contributed by atoms with Crippen molar-refractivity contribution in [3.8, 4) is 0 Å². The highest BCUT2D eigenvalue weighted by Crippen LogP contribution is 2.34. The molecule has 2 heterocycles. The lowest BCUT2D eigenvalue weighted by Gasteiger charge is -2.30. The van der Waals surface area contributed by atoms with Crippen LogP contribution in [0.1, 0.15) is 30.4 Å². The first-order valence-corrected chi connectivity index (χ1v) is 12.0. The van der Waals surface area contributed by atoms with Crippen LogP contribution in [-0.4, -0.2) is 42.7 Å². The van der Waals surface area contributed by atoms with Gasteiger partial charge in [0.05, 0.1) is 5.75 Å². The molecule has 0 N–H and O–H groups in total. The summed E-state index contributed by atoms with van der Waals surface area (Å²) in [6, 6.07) is 16.9. The molecule has 0 saturated carbocycles. The third-order valence-electron chi connectivity index (χ3n) is 5.94. The number of sulfonamides is 1. The molecule has 7 heteroatoms. The normalized spacial score (nSPS) is 23.1. The molecule has 0 aromatic heterocycles. The van der Waals surface area contributed by atoms with Crippen molar-refractivity contribution in [1.82, 2.24) is 9.21 Å². The van der Waals surface area contributed by atoms with E-state index in [1.54, 1.807) is 28.6 Å². The van der Waals surface area contributed by atoms with Gasteiger partial charge in [0.2, 0.25) is 15.9 Å². The molecule has 2 saturated heterocycles. The first-order chi connectivity index (χ1) is 13.9. The van der Waals surface area contributed by atoms with Crippen molar-refractivity contribution in [3.63, 3.8) is 0 Å². The fourth-order valence-electron chi connectivity index (χ4n) is 4.41. The molecule has 0 radical (unpaired) electrons. The number of carbonyl (C=O) groups is 1. The van der Waals surface area contributed by atoms with Gasteiger partial charge in [-0.15, -0.1) is 0 Å². The van der Waals surface area contributed by atoms with E-state index in [0.29, 0.717) is 36.6 Å². The second-order valence-corrected chi connectivity index (χ2v) is 10.3. The monoisotopic (exact) mass is 432 g/mol. The van der Waals surface area contributed by atoms with E-state index in [-0.39, 0.29) is 23.6 Å². The van der Waals surface area contributed by atoms with Gasteiger partial charge in [-0.2, -0.15) is 4.31 Å². The van der Waals surface area contributed by atoms with Crippen LogP contribution in [0.15, 0.2) is 54.6 Å². The number of hydrogen-bond donors (Lipinski definition) is 0. The molecule has 1 amide bonds. The minimum Gasteiger partial charge on any atom is -0.334 e. The van der Waals surface area contributed by atoms with Gasteiger partial charge in [0.25, 0.3) is 0 Å². The van der Waals surface area contributed by atoms with Crippen molar-refractivity contribution >= 4 is 27.5 Å². The lowest BCUT2D eigenvalue weighted by atomic mass is 9.98. The molecular formula is C22H25ClN2O3S. The van der Waals surface area contributed by atoms with Gasteiger partial charge in [0, 0.05) is 37.1 Å². The molecular weight excluding hydrogens is 408 g/mol. The van der Waals surface area contributed by atoms with Crippen LogP contribution in [0.5, 0.6) is 0 Å². The lowest BCUT2D eigenvalue weighted by molar-refractivity contribution is -0.133. The number of nitrogens with zero attached hydrogens (tertiary/aromatic N) is 2. The van der Waals surface area contributed by atoms with Crippen molar-refractivity contribution in [2.45, 2.75) is 37.6 Å². The number of carbonyl (C=O) groups excluding carboxylic acids is 1. The largest absolute Gasteiger partial charge is 0.334 e. The number of likely N-dealkylation sites (tertiary alicyclic amines) is 1. The van der Waals surface area contributed by atoms with Crippen LogP contribution >= 0.6 is 11.6 Å². The lowest BCUT2D eigenvalue weighted by Crippen LogP contribution is -2.43. The highest BCUT2D eigenvalue weighted by molar-refractivity contribution is 7.88. The summed E-state index contributed by atoms with van der Waals surface area (Å²) in [6.07, 6.45) is 2.22. The highest BCUT2D eigenvalue weighted by atomic mass is 35.5. The van der Waals surface area contributed by atoms with Gasteiger partial charge in [-0.1, -0.05) is 60.1 Å². The van der Waals surface area contributed by atoms with E-state index in [2.05, 4.69) is 0 Å². The maximum absolute atomic E-state index is 13.1. The van der Waals surface area contributed by atoms with E-state index in [1.807, 2.05) is 35.2 Å². The van der Waals surface area contributed by atoms with Crippen LogP contribution in [0, 0.1) is 5.92 Å². The number of hydrogen-bond acceptors (Lipinski definition) is 3. The molecule has 2 aromatic rings. The molecule has 0 spiro atoms. The van der Waals surface area contributed by atoms with Crippen molar-refractivity contribution in [1.29, 1.82) is 0 Å². The Hall–Kier alpha value is -1.89. The summed E-state index contributed by atoms with van der Waals surface area (Å²) in [5, 5.41) is 0.463. The Labute approximate surface area is 177 Å². The van der Waals surface area contributed by atoms with Gasteiger partial charge in [0.1, 0.15) is 0 Å². The van der Waals surface area contributed by atoms with Crippen LogP contribution in [0.2, 0.25) is 5.02 Å². The van der Waals surface area contributed by atoms with Gasteiger partial charge in [-0.05, 0) is 36.0 Å². The van der Waals surface area contributed by atoms with E-state index in [1.165, 1.54) is 0 Å². The molecule has 2 aliphatic rings. The number of amides is 1. The number of fused-ring (bicyclic) bond motifs is 1. The highest BCUT2D eigenvalue weighted by Gasteiger charge is 2.44. The second kappa shape index (κ2) is 8.46. The zero-order valence-electron chi connectivity index (χ0n) is 16.2. The molecule has 0 aliphatic carbocycles. The van der Waals surface area contributed by atoms with Crippen molar-refractivity contribution in [3.05, 3.63) is 70.7 Å². The van der Waals surface area contributed by atoms with E-state index in [0.717, 1.165) is 18.4 Å². The topological polar surface area (TPSA) is 57.7 Å². The van der Waals surface area contributed by atoms with Gasteiger partial charge >= 0.3 is 0 Å². The summed E-state index contributed by atoms with van der Waals surface area (Å²) in [5.74, 6) is 0.177. The SMILES string of the molecule is O=C1CCC[C@@H]2CN(S(=O)(=O)Cc3ccccc3Cl)C[C@@H]2N1Cc1ccccc1. The summed E-state index contributed by atoms with van der Waals surface area (Å²) in [7, 11) is -3.51. The molecule has 0 unspecified atom stereocenters. The molecule has 29 heavy (non-hydrogen) atoms. The smallest absolute Gasteiger partial charge is 0.223 e. The Morgan fingerprint density at radius 1 is 1.00 bits per heavy atom. The summed E-state index contributed by atoms with van der Waals surface area (Å²) in [4.78, 5) is 14.7. The van der Waals surface area contributed by atoms with E-state index < -0.39 is 10.0 Å². The summed E-state index contributed by atoms with van der Waals surface area (Å²) in [5.41, 5.74) is 1.68. The average Bonchev–Trinajstić information content (AvgIpc) is 3.07. The number of halogens is 1. The van der Waals surface area contributed by atoms with Gasteiger partial charge < -0.3 is 4.90 Å². The van der Waals surface area contributed by atoms with Crippen LogP contribution in [0.4, 0.5) is 0 Å². The fraction of sp³-hybridized carbons (Fsp3) is 0.409. The molecule has 4 rings (SSSR count). The summed E-state index contributed by atoms with van der Waals surface area (Å²) in [6.45, 7) is 1.35. The molecule has 0 bridgehead atoms. The Morgan fingerprint density at radius 3 is 2.48 bits per heavy atom. The first-order valence-electron chi connectivity index (χ1n) is 9.98. The molecule has 2 fully saturated rings. The maximum atomic E-state index is 13.1. The average molecular weight is 433 g/mol. The Balaban J connectivity index is 1.54. The number of benzene rings is 2. The minimum absolute atomic E-state index is 0.0776. The standard InChI is InChI=1S/C22H25ClN2O3S/c23-20-11-5-4-9-19(20)16-29(27,28)24-14-18-10-6-12-22(26)25(21(18)15-24)13-17-7-2-1-3-8-17/h1-5,7-9,11,18,21H,6,10,12-16H2/t18-,21+/m1/s1. The third-order valence-corrected chi connectivity index (χ3v) is 8.07. The van der Waals surface area contributed by atoms with Crippen molar-refractivity contribution < 1.29 is 13.2 Å². The van der Waals surface area contributed by atoms with Crippen LogP contribution in [0.25, 0.3) is 0 Å². The van der Waals surface area contributed by atoms with Crippen LogP contribution < -0.4 is 0 Å². The zero-order valence-corrected chi connectivity index (χ0v) is 17.8. The van der Waals surface area contributed by atoms with Gasteiger partial charge in [-0.25, -0.2) is 8.42 Å². The van der Waals surface area contributed by atoms with Crippen LogP contribution in [-0.2, 0) is 27.1 Å². The molecule has 2 aromatic carbocycles. The Kier molecular flexibility index (Phi) is 5.95. The number of rotatable bonds is 5. The molecule has 2 atom stereocenters. The van der Waals surface area contributed by atoms with Crippen LogP contribution in [0.3, 0.4) is 0 Å². The van der Waals surface area contributed by atoms with E-state index in [9.17, 15) is 13.2 Å². The second-order valence-electron chi connectivity index (χ2n) is 7.89. The Bertz CT molecular complexity index is 981. The van der Waals surface area contributed by atoms with E-state index >= 15 is 0 Å². The molecule has 2 aliphatic heterocycles. The van der Waals surface area contributed by atoms with Gasteiger partial charge in [0.15, 0.2) is 0 Å². The predicted octanol–water partition coefficient (Wildman–Crippen LogP) is 3.68. The molecule has 154 valence electrons. The summed E-state index contributed by atoms with van der Waals surface area (Å²) >= 11 is 6.18. The third kappa shape index (κ3) is 4.49. The zero-order chi connectivity index (χ0) is 20.4. The predicted molar refractivity (Wildman–Crippen MR) is 114 cm³/mol. The van der Waals surface area contributed by atoms with Crippen molar-refractivity contribution in [2.24, 2.45) is 5.92 Å². The maximum Gasteiger partial charge on any atom is 0.223 e. The van der Waals surface area contributed by atoms with E-state index in [4.69, 9.17) is 11.6 Å². The fourth-order valence-corrected chi connectivity index (χ4v) is 6.32. The molecule has 5 nitrogen and oxygen atoms in total.